The van der Waals surface area contributed by atoms with Crippen LogP contribution in [0, 0.1) is 13.8 Å². The second-order valence-electron chi connectivity index (χ2n) is 6.87. The Labute approximate surface area is 194 Å². The van der Waals surface area contributed by atoms with Crippen LogP contribution in [-0.2, 0) is 9.53 Å². The van der Waals surface area contributed by atoms with Gasteiger partial charge in [-0.25, -0.2) is 4.79 Å². The van der Waals surface area contributed by atoms with Crippen molar-refractivity contribution >= 4 is 51.4 Å². The normalized spacial score (nSPS) is 10.4. The van der Waals surface area contributed by atoms with Crippen LogP contribution < -0.4 is 15.4 Å². The second kappa shape index (κ2) is 10.3. The third-order valence-electron chi connectivity index (χ3n) is 4.45. The van der Waals surface area contributed by atoms with Gasteiger partial charge in [-0.05, 0) is 61.4 Å². The predicted molar refractivity (Wildman–Crippen MR) is 125 cm³/mol. The molecule has 1 aromatic heterocycles. The standard InChI is InChI=1S/C23H21ClN2O5S/c1-13-5-4-6-16(11-13)25-21(28)20-14(2)19(23(29)30-3)22(32-20)26-18(27)12-31-17-9-7-15(24)8-10-17/h4-11H,12H2,1-3H3,(H,25,28)(H,26,27). The van der Waals surface area contributed by atoms with Crippen LogP contribution in [0.5, 0.6) is 5.75 Å². The molecular weight excluding hydrogens is 452 g/mol. The number of anilines is 2. The molecule has 2 N–H and O–H groups in total. The van der Waals surface area contributed by atoms with Crippen LogP contribution >= 0.6 is 22.9 Å². The molecule has 1 heterocycles. The van der Waals surface area contributed by atoms with Crippen LogP contribution in [-0.4, -0.2) is 31.5 Å². The summed E-state index contributed by atoms with van der Waals surface area (Å²) in [6.07, 6.45) is 0. The number of hydrogen-bond acceptors (Lipinski definition) is 6. The highest BCUT2D eigenvalue weighted by atomic mass is 35.5. The van der Waals surface area contributed by atoms with E-state index < -0.39 is 11.9 Å². The Balaban J connectivity index is 1.78. The molecule has 3 rings (SSSR count). The van der Waals surface area contributed by atoms with Gasteiger partial charge < -0.3 is 20.1 Å². The van der Waals surface area contributed by atoms with Crippen LogP contribution in [0.3, 0.4) is 0 Å². The van der Waals surface area contributed by atoms with E-state index in [4.69, 9.17) is 21.1 Å². The number of methoxy groups -OCH3 is 1. The largest absolute Gasteiger partial charge is 0.484 e. The number of carbonyl (C=O) groups excluding carboxylic acids is 3. The lowest BCUT2D eigenvalue weighted by molar-refractivity contribution is -0.118. The Bertz CT molecular complexity index is 1160. The van der Waals surface area contributed by atoms with Gasteiger partial charge in [-0.3, -0.25) is 9.59 Å². The molecule has 3 aromatic rings. The first kappa shape index (κ1) is 23.3. The fourth-order valence-corrected chi connectivity index (χ4v) is 4.15. The molecular formula is C23H21ClN2O5S. The molecule has 0 radical (unpaired) electrons. The van der Waals surface area contributed by atoms with E-state index in [1.807, 2.05) is 25.1 Å². The molecule has 7 nitrogen and oxygen atoms in total. The van der Waals surface area contributed by atoms with Gasteiger partial charge in [0, 0.05) is 10.7 Å². The maximum absolute atomic E-state index is 12.8. The van der Waals surface area contributed by atoms with Crippen LogP contribution in [0.2, 0.25) is 5.02 Å². The third-order valence-corrected chi connectivity index (χ3v) is 5.91. The van der Waals surface area contributed by atoms with E-state index in [9.17, 15) is 14.4 Å². The number of nitrogens with one attached hydrogen (secondary N) is 2. The van der Waals surface area contributed by atoms with Gasteiger partial charge in [-0.2, -0.15) is 0 Å². The zero-order valence-corrected chi connectivity index (χ0v) is 19.2. The summed E-state index contributed by atoms with van der Waals surface area (Å²) in [5, 5.41) is 6.22. The Kier molecular flexibility index (Phi) is 7.50. The van der Waals surface area contributed by atoms with Crippen molar-refractivity contribution in [1.82, 2.24) is 0 Å². The maximum atomic E-state index is 12.8. The molecule has 9 heteroatoms. The fraction of sp³-hybridized carbons (Fsp3) is 0.174. The summed E-state index contributed by atoms with van der Waals surface area (Å²) < 4.78 is 10.3. The molecule has 0 spiro atoms. The average molecular weight is 473 g/mol. The number of benzene rings is 2. The predicted octanol–water partition coefficient (Wildman–Crippen LogP) is 5.07. The van der Waals surface area contributed by atoms with E-state index in [1.54, 1.807) is 37.3 Å². The summed E-state index contributed by atoms with van der Waals surface area (Å²) in [4.78, 5) is 37.9. The lowest BCUT2D eigenvalue weighted by Gasteiger charge is -2.08. The lowest BCUT2D eigenvalue weighted by Crippen LogP contribution is -2.21. The summed E-state index contributed by atoms with van der Waals surface area (Å²) >= 11 is 6.83. The van der Waals surface area contributed by atoms with E-state index in [1.165, 1.54) is 7.11 Å². The molecule has 0 aliphatic carbocycles. The summed E-state index contributed by atoms with van der Waals surface area (Å²) in [5.41, 5.74) is 2.17. The molecule has 32 heavy (non-hydrogen) atoms. The molecule has 0 saturated carbocycles. The lowest BCUT2D eigenvalue weighted by atomic mass is 10.1. The Morgan fingerprint density at radius 1 is 1.03 bits per heavy atom. The van der Waals surface area contributed by atoms with Crippen molar-refractivity contribution in [2.75, 3.05) is 24.4 Å². The number of amides is 2. The van der Waals surface area contributed by atoms with Gasteiger partial charge in [-0.15, -0.1) is 11.3 Å². The number of halogens is 1. The van der Waals surface area contributed by atoms with Crippen molar-refractivity contribution in [3.8, 4) is 5.75 Å². The van der Waals surface area contributed by atoms with Crippen LogP contribution in [0.1, 0.15) is 31.2 Å². The highest BCUT2D eigenvalue weighted by molar-refractivity contribution is 7.19. The van der Waals surface area contributed by atoms with Crippen molar-refractivity contribution in [3.63, 3.8) is 0 Å². The van der Waals surface area contributed by atoms with E-state index >= 15 is 0 Å². The van der Waals surface area contributed by atoms with Crippen molar-refractivity contribution in [2.45, 2.75) is 13.8 Å². The van der Waals surface area contributed by atoms with Gasteiger partial charge in [0.2, 0.25) is 0 Å². The number of rotatable bonds is 7. The van der Waals surface area contributed by atoms with E-state index in [0.29, 0.717) is 26.9 Å². The minimum absolute atomic E-state index is 0.131. The molecule has 2 amide bonds. The first-order valence-corrected chi connectivity index (χ1v) is 10.8. The molecule has 0 fully saturated rings. The van der Waals surface area contributed by atoms with Crippen molar-refractivity contribution in [1.29, 1.82) is 0 Å². The molecule has 0 bridgehead atoms. The van der Waals surface area contributed by atoms with E-state index in [-0.39, 0.29) is 23.1 Å². The molecule has 166 valence electrons. The number of carbonyl (C=O) groups is 3. The number of hydrogen-bond donors (Lipinski definition) is 2. The van der Waals surface area contributed by atoms with Gasteiger partial charge >= 0.3 is 5.97 Å². The fourth-order valence-electron chi connectivity index (χ4n) is 2.92. The maximum Gasteiger partial charge on any atom is 0.341 e. The minimum atomic E-state index is -0.651. The first-order chi connectivity index (χ1) is 15.3. The number of ether oxygens (including phenoxy) is 2. The first-order valence-electron chi connectivity index (χ1n) is 9.56. The third kappa shape index (κ3) is 5.66. The summed E-state index contributed by atoms with van der Waals surface area (Å²) in [6, 6.07) is 13.9. The smallest absolute Gasteiger partial charge is 0.341 e. The summed E-state index contributed by atoms with van der Waals surface area (Å²) in [6.45, 7) is 3.26. The van der Waals surface area contributed by atoms with Gasteiger partial charge in [0.25, 0.3) is 11.8 Å². The van der Waals surface area contributed by atoms with Gasteiger partial charge in [-0.1, -0.05) is 23.7 Å². The second-order valence-corrected chi connectivity index (χ2v) is 8.32. The highest BCUT2D eigenvalue weighted by Gasteiger charge is 2.26. The molecule has 0 aliphatic heterocycles. The Morgan fingerprint density at radius 3 is 2.41 bits per heavy atom. The van der Waals surface area contributed by atoms with Gasteiger partial charge in [0.1, 0.15) is 10.8 Å². The van der Waals surface area contributed by atoms with Gasteiger partial charge in [0.05, 0.1) is 17.6 Å². The number of aryl methyl sites for hydroxylation is 1. The molecule has 2 aromatic carbocycles. The number of esters is 1. The van der Waals surface area contributed by atoms with Crippen LogP contribution in [0.25, 0.3) is 0 Å². The van der Waals surface area contributed by atoms with Crippen molar-refractivity contribution in [3.05, 3.63) is 75.1 Å². The van der Waals surface area contributed by atoms with E-state index in [2.05, 4.69) is 10.6 Å². The average Bonchev–Trinajstić information content (AvgIpc) is 3.08. The molecule has 0 saturated heterocycles. The van der Waals surface area contributed by atoms with Crippen molar-refractivity contribution < 1.29 is 23.9 Å². The Morgan fingerprint density at radius 2 is 1.75 bits per heavy atom. The number of thiophene rings is 1. The minimum Gasteiger partial charge on any atom is -0.484 e. The van der Waals surface area contributed by atoms with Crippen LogP contribution in [0.15, 0.2) is 48.5 Å². The quantitative estimate of drug-likeness (QED) is 0.468. The SMILES string of the molecule is COC(=O)c1c(NC(=O)COc2ccc(Cl)cc2)sc(C(=O)Nc2cccc(C)c2)c1C. The summed E-state index contributed by atoms with van der Waals surface area (Å²) in [7, 11) is 1.24. The molecule has 0 atom stereocenters. The molecule has 0 unspecified atom stereocenters. The summed E-state index contributed by atoms with van der Waals surface area (Å²) in [5.74, 6) is -1.06. The zero-order valence-electron chi connectivity index (χ0n) is 17.7. The molecule has 0 aliphatic rings. The van der Waals surface area contributed by atoms with E-state index in [0.717, 1.165) is 16.9 Å². The topological polar surface area (TPSA) is 93.7 Å². The zero-order chi connectivity index (χ0) is 23.3. The Hall–Kier alpha value is -3.36. The van der Waals surface area contributed by atoms with Crippen LogP contribution in [0.4, 0.5) is 10.7 Å². The van der Waals surface area contributed by atoms with Gasteiger partial charge in [0.15, 0.2) is 6.61 Å². The monoisotopic (exact) mass is 472 g/mol. The highest BCUT2D eigenvalue weighted by Crippen LogP contribution is 2.34. The van der Waals surface area contributed by atoms with Crippen molar-refractivity contribution in [2.24, 2.45) is 0 Å².